The number of ether oxygens (including phenoxy) is 1. The third kappa shape index (κ3) is 3.62. The van der Waals surface area contributed by atoms with Crippen molar-refractivity contribution in [1.82, 2.24) is 4.90 Å². The first-order chi connectivity index (χ1) is 8.63. The topological polar surface area (TPSA) is 49.8 Å². The van der Waals surface area contributed by atoms with Crippen molar-refractivity contribution in [1.29, 1.82) is 0 Å². The Morgan fingerprint density at radius 3 is 2.72 bits per heavy atom. The molecule has 1 N–H and O–H groups in total. The van der Waals surface area contributed by atoms with E-state index in [2.05, 4.69) is 0 Å². The van der Waals surface area contributed by atoms with E-state index in [0.29, 0.717) is 29.4 Å². The summed E-state index contributed by atoms with van der Waals surface area (Å²) in [6.07, 6.45) is 0.835. The predicted octanol–water partition coefficient (Wildman–Crippen LogP) is 2.19. The molecule has 0 bridgehead atoms. The van der Waals surface area contributed by atoms with Gasteiger partial charge < -0.3 is 14.7 Å². The van der Waals surface area contributed by atoms with Crippen molar-refractivity contribution < 1.29 is 14.6 Å². The molecule has 0 fully saturated rings. The molecule has 0 radical (unpaired) electrons. The summed E-state index contributed by atoms with van der Waals surface area (Å²) in [4.78, 5) is 13.9. The van der Waals surface area contributed by atoms with Gasteiger partial charge >= 0.3 is 0 Å². The lowest BCUT2D eigenvalue weighted by molar-refractivity contribution is 0.0718. The molecule has 5 heteroatoms. The van der Waals surface area contributed by atoms with Crippen molar-refractivity contribution in [2.24, 2.45) is 0 Å². The molecule has 1 aromatic carbocycles. The predicted molar refractivity (Wildman–Crippen MR) is 71.3 cm³/mol. The number of benzene rings is 1. The Bertz CT molecular complexity index is 403. The van der Waals surface area contributed by atoms with Crippen molar-refractivity contribution in [2.45, 2.75) is 13.3 Å². The van der Waals surface area contributed by atoms with Crippen molar-refractivity contribution in [3.63, 3.8) is 0 Å². The molecule has 1 aromatic rings. The number of amides is 1. The first kappa shape index (κ1) is 14.8. The first-order valence-corrected chi connectivity index (χ1v) is 6.25. The van der Waals surface area contributed by atoms with Crippen LogP contribution in [0, 0.1) is 0 Å². The highest BCUT2D eigenvalue weighted by Crippen LogP contribution is 2.24. The molecule has 18 heavy (non-hydrogen) atoms. The van der Waals surface area contributed by atoms with Gasteiger partial charge in [-0.2, -0.15) is 0 Å². The van der Waals surface area contributed by atoms with Gasteiger partial charge in [-0.05, 0) is 24.6 Å². The molecule has 0 unspecified atom stereocenters. The molecule has 0 spiro atoms. The van der Waals surface area contributed by atoms with Gasteiger partial charge in [0.1, 0.15) is 5.75 Å². The van der Waals surface area contributed by atoms with E-state index in [-0.39, 0.29) is 12.5 Å². The van der Waals surface area contributed by atoms with Gasteiger partial charge in [0, 0.05) is 18.1 Å². The molecule has 0 heterocycles. The molecule has 4 nitrogen and oxygen atoms in total. The van der Waals surface area contributed by atoms with Crippen LogP contribution in [0.3, 0.4) is 0 Å². The average molecular weight is 272 g/mol. The van der Waals surface area contributed by atoms with Crippen LogP contribution in [0.15, 0.2) is 18.2 Å². The molecule has 0 atom stereocenters. The lowest BCUT2D eigenvalue weighted by Gasteiger charge is -2.22. The van der Waals surface area contributed by atoms with Crippen LogP contribution in [0.4, 0.5) is 0 Å². The van der Waals surface area contributed by atoms with Crippen molar-refractivity contribution in [3.8, 4) is 5.75 Å². The number of halogens is 1. The fourth-order valence-electron chi connectivity index (χ4n) is 1.72. The van der Waals surface area contributed by atoms with Gasteiger partial charge in [-0.15, -0.1) is 0 Å². The number of hydrogen-bond acceptors (Lipinski definition) is 3. The number of hydrogen-bond donors (Lipinski definition) is 1. The minimum absolute atomic E-state index is 0.0539. The number of aliphatic hydroxyl groups is 1. The first-order valence-electron chi connectivity index (χ1n) is 5.87. The van der Waals surface area contributed by atoms with E-state index < -0.39 is 0 Å². The number of rotatable bonds is 6. The van der Waals surface area contributed by atoms with Gasteiger partial charge in [-0.1, -0.05) is 18.5 Å². The summed E-state index contributed by atoms with van der Waals surface area (Å²) in [5, 5.41) is 9.50. The standard InChI is InChI=1S/C13H18ClNO3/c1-3-6-15(7-8-16)13(17)11-5-4-10(14)9-12(11)18-2/h4-5,9,16H,3,6-8H2,1-2H3. The molecule has 0 aromatic heterocycles. The minimum Gasteiger partial charge on any atom is -0.496 e. The maximum atomic E-state index is 12.3. The van der Waals surface area contributed by atoms with Crippen LogP contribution in [0.1, 0.15) is 23.7 Å². The summed E-state index contributed by atoms with van der Waals surface area (Å²) in [6, 6.07) is 4.90. The number of methoxy groups -OCH3 is 1. The van der Waals surface area contributed by atoms with Gasteiger partial charge in [0.25, 0.3) is 5.91 Å². The van der Waals surface area contributed by atoms with E-state index in [4.69, 9.17) is 21.4 Å². The maximum Gasteiger partial charge on any atom is 0.257 e. The Balaban J connectivity index is 3.00. The van der Waals surface area contributed by atoms with E-state index in [9.17, 15) is 4.79 Å². The fourth-order valence-corrected chi connectivity index (χ4v) is 1.88. The fraction of sp³-hybridized carbons (Fsp3) is 0.462. The van der Waals surface area contributed by atoms with Gasteiger partial charge in [0.2, 0.25) is 0 Å². The summed E-state index contributed by atoms with van der Waals surface area (Å²) in [6.45, 7) is 2.85. The van der Waals surface area contributed by atoms with Gasteiger partial charge in [0.15, 0.2) is 0 Å². The SMILES string of the molecule is CCCN(CCO)C(=O)c1ccc(Cl)cc1OC. The van der Waals surface area contributed by atoms with Crippen LogP contribution in [-0.2, 0) is 0 Å². The van der Waals surface area contributed by atoms with Gasteiger partial charge in [0.05, 0.1) is 19.3 Å². The molecular formula is C13H18ClNO3. The minimum atomic E-state index is -0.153. The lowest BCUT2D eigenvalue weighted by atomic mass is 10.1. The molecule has 0 aliphatic heterocycles. The Labute approximate surface area is 112 Å². The second kappa shape index (κ2) is 7.24. The third-order valence-corrected chi connectivity index (χ3v) is 2.78. The number of nitrogens with zero attached hydrogens (tertiary/aromatic N) is 1. The van der Waals surface area contributed by atoms with Crippen LogP contribution < -0.4 is 4.74 Å². The molecule has 0 aliphatic carbocycles. The van der Waals surface area contributed by atoms with Gasteiger partial charge in [-0.3, -0.25) is 4.79 Å². The molecule has 1 rings (SSSR count). The zero-order valence-corrected chi connectivity index (χ0v) is 11.4. The quantitative estimate of drug-likeness (QED) is 0.863. The highest BCUT2D eigenvalue weighted by atomic mass is 35.5. The van der Waals surface area contributed by atoms with Crippen molar-refractivity contribution in [2.75, 3.05) is 26.8 Å². The zero-order valence-electron chi connectivity index (χ0n) is 10.6. The second-order valence-electron chi connectivity index (χ2n) is 3.86. The molecule has 0 aliphatic rings. The van der Waals surface area contributed by atoms with Crippen molar-refractivity contribution in [3.05, 3.63) is 28.8 Å². The van der Waals surface area contributed by atoms with Crippen LogP contribution >= 0.6 is 11.6 Å². The molecule has 0 saturated carbocycles. The summed E-state index contributed by atoms with van der Waals surface area (Å²) in [7, 11) is 1.50. The van der Waals surface area contributed by atoms with Crippen LogP contribution in [-0.4, -0.2) is 42.7 Å². The van der Waals surface area contributed by atoms with E-state index in [1.54, 1.807) is 23.1 Å². The second-order valence-corrected chi connectivity index (χ2v) is 4.30. The number of aliphatic hydroxyl groups excluding tert-OH is 1. The Morgan fingerprint density at radius 2 is 2.17 bits per heavy atom. The summed E-state index contributed by atoms with van der Waals surface area (Å²) >= 11 is 5.86. The number of carbonyl (C=O) groups excluding carboxylic acids is 1. The summed E-state index contributed by atoms with van der Waals surface area (Å²) in [5.74, 6) is 0.297. The molecule has 1 amide bonds. The van der Waals surface area contributed by atoms with Crippen LogP contribution in [0.25, 0.3) is 0 Å². The summed E-state index contributed by atoms with van der Waals surface area (Å²) in [5.41, 5.74) is 0.462. The molecule has 0 saturated heterocycles. The van der Waals surface area contributed by atoms with E-state index in [0.717, 1.165) is 6.42 Å². The molecular weight excluding hydrogens is 254 g/mol. The average Bonchev–Trinajstić information content (AvgIpc) is 2.37. The van der Waals surface area contributed by atoms with Crippen LogP contribution in [0.5, 0.6) is 5.75 Å². The largest absolute Gasteiger partial charge is 0.496 e. The van der Waals surface area contributed by atoms with E-state index in [1.807, 2.05) is 6.92 Å². The number of carbonyl (C=O) groups is 1. The Kier molecular flexibility index (Phi) is 5.95. The Morgan fingerprint density at radius 1 is 1.44 bits per heavy atom. The third-order valence-electron chi connectivity index (χ3n) is 2.54. The Hall–Kier alpha value is -1.26. The van der Waals surface area contributed by atoms with Crippen LogP contribution in [0.2, 0.25) is 5.02 Å². The van der Waals surface area contributed by atoms with E-state index in [1.165, 1.54) is 7.11 Å². The highest BCUT2D eigenvalue weighted by Gasteiger charge is 2.18. The zero-order chi connectivity index (χ0) is 13.5. The maximum absolute atomic E-state index is 12.3. The molecule has 100 valence electrons. The lowest BCUT2D eigenvalue weighted by Crippen LogP contribution is -2.34. The highest BCUT2D eigenvalue weighted by molar-refractivity contribution is 6.30. The smallest absolute Gasteiger partial charge is 0.257 e. The normalized spacial score (nSPS) is 10.2. The van der Waals surface area contributed by atoms with Crippen molar-refractivity contribution >= 4 is 17.5 Å². The summed E-state index contributed by atoms with van der Waals surface area (Å²) < 4.78 is 5.16. The van der Waals surface area contributed by atoms with E-state index >= 15 is 0 Å². The monoisotopic (exact) mass is 271 g/mol. The van der Waals surface area contributed by atoms with Gasteiger partial charge in [-0.25, -0.2) is 0 Å².